The second kappa shape index (κ2) is 7.98. The van der Waals surface area contributed by atoms with E-state index in [9.17, 15) is 0 Å². The van der Waals surface area contributed by atoms with E-state index in [0.717, 1.165) is 22.3 Å². The highest BCUT2D eigenvalue weighted by molar-refractivity contribution is 6.33. The summed E-state index contributed by atoms with van der Waals surface area (Å²) in [5.41, 5.74) is 7.58. The van der Waals surface area contributed by atoms with Crippen LogP contribution in [0.25, 0.3) is 11.0 Å². The molecule has 0 saturated heterocycles. The number of aromatic nitrogens is 2. The Morgan fingerprint density at radius 2 is 1.48 bits per heavy atom. The van der Waals surface area contributed by atoms with E-state index in [-0.39, 0.29) is 0 Å². The van der Waals surface area contributed by atoms with Crippen LogP contribution < -0.4 is 5.43 Å². The predicted molar refractivity (Wildman–Crippen MR) is 111 cm³/mol. The van der Waals surface area contributed by atoms with Crippen LogP contribution in [0, 0.1) is 0 Å². The van der Waals surface area contributed by atoms with Crippen molar-refractivity contribution in [3.05, 3.63) is 101 Å². The van der Waals surface area contributed by atoms with Gasteiger partial charge in [0.25, 0.3) is 0 Å². The van der Waals surface area contributed by atoms with Crippen LogP contribution in [-0.4, -0.2) is 16.2 Å². The zero-order valence-electron chi connectivity index (χ0n) is 14.5. The summed E-state index contributed by atoms with van der Waals surface area (Å²) >= 11 is 6.18. The Kier molecular flexibility index (Phi) is 5.08. The molecule has 4 rings (SSSR count). The lowest BCUT2D eigenvalue weighted by molar-refractivity contribution is 1.06. The zero-order valence-corrected chi connectivity index (χ0v) is 15.3. The summed E-state index contributed by atoms with van der Waals surface area (Å²) in [5.74, 6) is 0.640. The molecule has 5 heteroatoms. The quantitative estimate of drug-likeness (QED) is 0.381. The maximum Gasteiger partial charge on any atom is 0.169 e. The number of hydrogen-bond acceptors (Lipinski definition) is 4. The number of hydrogen-bond donors (Lipinski definition) is 1. The molecule has 0 saturated carbocycles. The lowest BCUT2D eigenvalue weighted by atomic mass is 10.1. The minimum absolute atomic E-state index is 0.640. The molecule has 0 atom stereocenters. The van der Waals surface area contributed by atoms with Gasteiger partial charge in [0, 0.05) is 17.0 Å². The minimum atomic E-state index is 0.640. The van der Waals surface area contributed by atoms with Gasteiger partial charge in [-0.05, 0) is 23.8 Å². The Bertz CT molecular complexity index is 1090. The van der Waals surface area contributed by atoms with Crippen molar-refractivity contribution < 1.29 is 0 Å². The first kappa shape index (κ1) is 17.2. The normalized spacial score (nSPS) is 11.1. The maximum absolute atomic E-state index is 6.18. The number of halogens is 1. The van der Waals surface area contributed by atoms with Crippen molar-refractivity contribution in [1.82, 2.24) is 9.97 Å². The Hall–Kier alpha value is -3.24. The molecule has 0 bridgehead atoms. The zero-order chi connectivity index (χ0) is 18.5. The van der Waals surface area contributed by atoms with Gasteiger partial charge < -0.3 is 0 Å². The van der Waals surface area contributed by atoms with Gasteiger partial charge in [0.15, 0.2) is 5.82 Å². The van der Waals surface area contributed by atoms with Crippen LogP contribution in [0.15, 0.2) is 84.0 Å². The molecular weight excluding hydrogens is 356 g/mol. The first-order chi connectivity index (χ1) is 13.3. The molecule has 132 valence electrons. The molecule has 0 amide bonds. The van der Waals surface area contributed by atoms with Gasteiger partial charge in [-0.3, -0.25) is 5.43 Å². The molecule has 4 aromatic rings. The van der Waals surface area contributed by atoms with Crippen LogP contribution in [0.2, 0.25) is 5.02 Å². The summed E-state index contributed by atoms with van der Waals surface area (Å²) in [6.07, 6.45) is 2.36. The Morgan fingerprint density at radius 3 is 2.26 bits per heavy atom. The third-order valence-electron chi connectivity index (χ3n) is 4.14. The van der Waals surface area contributed by atoms with E-state index in [1.807, 2.05) is 66.7 Å². The van der Waals surface area contributed by atoms with E-state index in [1.165, 1.54) is 5.56 Å². The SMILES string of the molecule is Clc1ccccc1/C=N/Nc1nc2ccccc2nc1Cc1ccccc1. The second-order valence-corrected chi connectivity index (χ2v) is 6.47. The lowest BCUT2D eigenvalue weighted by Crippen LogP contribution is -2.03. The van der Waals surface area contributed by atoms with Crippen LogP contribution in [0.3, 0.4) is 0 Å². The van der Waals surface area contributed by atoms with E-state index in [0.29, 0.717) is 17.3 Å². The van der Waals surface area contributed by atoms with Gasteiger partial charge in [-0.15, -0.1) is 0 Å². The van der Waals surface area contributed by atoms with Crippen molar-refractivity contribution in [2.24, 2.45) is 5.10 Å². The number of nitrogens with one attached hydrogen (secondary N) is 1. The van der Waals surface area contributed by atoms with Crippen LogP contribution >= 0.6 is 11.6 Å². The Morgan fingerprint density at radius 1 is 0.815 bits per heavy atom. The summed E-state index contributed by atoms with van der Waals surface area (Å²) in [7, 11) is 0. The van der Waals surface area contributed by atoms with Crippen molar-refractivity contribution >= 4 is 34.7 Å². The molecule has 0 fully saturated rings. The molecule has 0 unspecified atom stereocenters. The van der Waals surface area contributed by atoms with Gasteiger partial charge in [-0.25, -0.2) is 9.97 Å². The number of fused-ring (bicyclic) bond motifs is 1. The highest BCUT2D eigenvalue weighted by atomic mass is 35.5. The third-order valence-corrected chi connectivity index (χ3v) is 4.48. The van der Waals surface area contributed by atoms with Crippen molar-refractivity contribution in [1.29, 1.82) is 0 Å². The molecule has 0 aliphatic rings. The van der Waals surface area contributed by atoms with Gasteiger partial charge in [0.1, 0.15) is 0 Å². The monoisotopic (exact) mass is 372 g/mol. The van der Waals surface area contributed by atoms with Crippen molar-refractivity contribution in [3.63, 3.8) is 0 Å². The molecular formula is C22H17ClN4. The number of benzene rings is 3. The maximum atomic E-state index is 6.18. The van der Waals surface area contributed by atoms with E-state index in [1.54, 1.807) is 6.21 Å². The minimum Gasteiger partial charge on any atom is -0.260 e. The number of nitrogens with zero attached hydrogens (tertiary/aromatic N) is 3. The van der Waals surface area contributed by atoms with Gasteiger partial charge >= 0.3 is 0 Å². The average molecular weight is 373 g/mol. The first-order valence-electron chi connectivity index (χ1n) is 8.63. The highest BCUT2D eigenvalue weighted by Crippen LogP contribution is 2.20. The molecule has 1 heterocycles. The molecule has 0 radical (unpaired) electrons. The standard InChI is InChI=1S/C22H17ClN4/c23-18-11-5-4-10-17(18)15-24-27-22-21(14-16-8-2-1-3-9-16)25-19-12-6-7-13-20(19)26-22/h1-13,15H,14H2,(H,26,27)/b24-15+. The van der Waals surface area contributed by atoms with Crippen LogP contribution in [0.4, 0.5) is 5.82 Å². The van der Waals surface area contributed by atoms with Crippen molar-refractivity contribution in [2.45, 2.75) is 6.42 Å². The first-order valence-corrected chi connectivity index (χ1v) is 9.00. The summed E-state index contributed by atoms with van der Waals surface area (Å²) < 4.78 is 0. The van der Waals surface area contributed by atoms with Gasteiger partial charge in [-0.1, -0.05) is 72.3 Å². The smallest absolute Gasteiger partial charge is 0.169 e. The van der Waals surface area contributed by atoms with E-state index in [2.05, 4.69) is 22.7 Å². The third kappa shape index (κ3) is 4.13. The predicted octanol–water partition coefficient (Wildman–Crippen LogP) is 5.32. The lowest BCUT2D eigenvalue weighted by Gasteiger charge is -2.09. The van der Waals surface area contributed by atoms with E-state index < -0.39 is 0 Å². The molecule has 0 aliphatic heterocycles. The fourth-order valence-corrected chi connectivity index (χ4v) is 2.97. The van der Waals surface area contributed by atoms with Crippen LogP contribution in [-0.2, 0) is 6.42 Å². The number of hydrazone groups is 1. The highest BCUT2D eigenvalue weighted by Gasteiger charge is 2.09. The summed E-state index contributed by atoms with van der Waals surface area (Å²) in [6, 6.07) is 25.6. The average Bonchev–Trinajstić information content (AvgIpc) is 2.70. The molecule has 4 nitrogen and oxygen atoms in total. The number of rotatable bonds is 5. The molecule has 0 aliphatic carbocycles. The number of para-hydroxylation sites is 2. The Balaban J connectivity index is 1.67. The second-order valence-electron chi connectivity index (χ2n) is 6.06. The molecule has 0 spiro atoms. The topological polar surface area (TPSA) is 50.2 Å². The summed E-state index contributed by atoms with van der Waals surface area (Å²) in [4.78, 5) is 9.49. The fraction of sp³-hybridized carbons (Fsp3) is 0.0455. The molecule has 1 N–H and O–H groups in total. The van der Waals surface area contributed by atoms with Gasteiger partial charge in [0.05, 0.1) is 22.9 Å². The van der Waals surface area contributed by atoms with E-state index in [4.69, 9.17) is 21.6 Å². The van der Waals surface area contributed by atoms with Crippen molar-refractivity contribution in [2.75, 3.05) is 5.43 Å². The van der Waals surface area contributed by atoms with Crippen molar-refractivity contribution in [3.8, 4) is 0 Å². The molecule has 3 aromatic carbocycles. The van der Waals surface area contributed by atoms with Gasteiger partial charge in [-0.2, -0.15) is 5.10 Å². The Labute approximate surface area is 162 Å². The number of anilines is 1. The summed E-state index contributed by atoms with van der Waals surface area (Å²) in [6.45, 7) is 0. The van der Waals surface area contributed by atoms with Gasteiger partial charge in [0.2, 0.25) is 0 Å². The largest absolute Gasteiger partial charge is 0.260 e. The van der Waals surface area contributed by atoms with E-state index >= 15 is 0 Å². The fourth-order valence-electron chi connectivity index (χ4n) is 2.78. The van der Waals surface area contributed by atoms with Crippen LogP contribution in [0.1, 0.15) is 16.8 Å². The summed E-state index contributed by atoms with van der Waals surface area (Å²) in [5, 5.41) is 4.97. The molecule has 27 heavy (non-hydrogen) atoms. The molecule has 1 aromatic heterocycles. The van der Waals surface area contributed by atoms with Crippen LogP contribution in [0.5, 0.6) is 0 Å².